The Bertz CT molecular complexity index is 1150. The van der Waals surface area contributed by atoms with Crippen molar-refractivity contribution < 1.29 is 9.18 Å². The van der Waals surface area contributed by atoms with Crippen molar-refractivity contribution in [3.8, 4) is 11.3 Å². The van der Waals surface area contributed by atoms with Crippen LogP contribution in [0.4, 0.5) is 16.0 Å². The van der Waals surface area contributed by atoms with Crippen molar-refractivity contribution in [2.45, 2.75) is 44.7 Å². The molecule has 0 radical (unpaired) electrons. The Labute approximate surface area is 223 Å². The normalized spacial score (nSPS) is 13.5. The van der Waals surface area contributed by atoms with Crippen LogP contribution in [0.5, 0.6) is 0 Å². The second-order valence-corrected chi connectivity index (χ2v) is 9.74. The second-order valence-electron chi connectivity index (χ2n) is 9.33. The van der Waals surface area contributed by atoms with Crippen molar-refractivity contribution in [2.75, 3.05) is 38.3 Å². The molecular weight excluding hydrogens is 491 g/mol. The fraction of sp³-hybridized carbons (Fsp3) is 0.393. The standard InChI is InChI=1S/C23H24ClFN4.C5H12N2O/c24-20-15-27-23(28-18-8-2-1-3-9-18)13-19(20)21-10-5-11-22(29-21)26-14-16-6-4-7-17(25)12-16;1-6-5(8)4-7(2)3/h4-7,10-13,15,18H,1-3,8-9,14H2,(H,26,29)(H,27,28);4H2,1-3H3,(H,6,8). The number of amides is 1. The number of nitrogens with one attached hydrogen (secondary N) is 3. The summed E-state index contributed by atoms with van der Waals surface area (Å²) in [4.78, 5) is 21.4. The Kier molecular flexibility index (Phi) is 11.1. The van der Waals surface area contributed by atoms with Gasteiger partial charge in [0.05, 0.1) is 17.3 Å². The van der Waals surface area contributed by atoms with Crippen molar-refractivity contribution in [2.24, 2.45) is 0 Å². The molecule has 3 N–H and O–H groups in total. The molecular formula is C28H36ClFN6O. The van der Waals surface area contributed by atoms with Gasteiger partial charge in [0.1, 0.15) is 17.5 Å². The van der Waals surface area contributed by atoms with Crippen LogP contribution < -0.4 is 16.0 Å². The van der Waals surface area contributed by atoms with Gasteiger partial charge in [-0.3, -0.25) is 4.79 Å². The molecule has 198 valence electrons. The van der Waals surface area contributed by atoms with Crippen LogP contribution in [0.25, 0.3) is 11.3 Å². The molecule has 7 nitrogen and oxygen atoms in total. The van der Waals surface area contributed by atoms with E-state index in [2.05, 4.69) is 25.9 Å². The number of likely N-dealkylation sites (N-methyl/N-ethyl adjacent to an activating group) is 2. The molecule has 37 heavy (non-hydrogen) atoms. The lowest BCUT2D eigenvalue weighted by Crippen LogP contribution is -2.30. The van der Waals surface area contributed by atoms with Crippen LogP contribution in [0.3, 0.4) is 0 Å². The van der Waals surface area contributed by atoms with Crippen molar-refractivity contribution >= 4 is 29.1 Å². The molecule has 4 rings (SSSR count). The summed E-state index contributed by atoms with van der Waals surface area (Å²) < 4.78 is 13.4. The lowest BCUT2D eigenvalue weighted by atomic mass is 9.95. The van der Waals surface area contributed by atoms with Gasteiger partial charge in [0.15, 0.2) is 0 Å². The molecule has 1 saturated carbocycles. The average molecular weight is 527 g/mol. The van der Waals surface area contributed by atoms with Crippen molar-refractivity contribution in [1.82, 2.24) is 20.2 Å². The van der Waals surface area contributed by atoms with E-state index in [9.17, 15) is 9.18 Å². The molecule has 1 aromatic carbocycles. The fourth-order valence-electron chi connectivity index (χ4n) is 4.06. The van der Waals surface area contributed by atoms with Gasteiger partial charge in [0.2, 0.25) is 5.91 Å². The summed E-state index contributed by atoms with van der Waals surface area (Å²) in [5.41, 5.74) is 2.47. The third-order valence-electron chi connectivity index (χ3n) is 5.94. The lowest BCUT2D eigenvalue weighted by Gasteiger charge is -2.23. The minimum absolute atomic E-state index is 0.0509. The molecule has 0 bridgehead atoms. The van der Waals surface area contributed by atoms with Crippen LogP contribution in [0, 0.1) is 5.82 Å². The highest BCUT2D eigenvalue weighted by atomic mass is 35.5. The maximum atomic E-state index is 13.4. The second kappa shape index (κ2) is 14.5. The summed E-state index contributed by atoms with van der Waals surface area (Å²) in [7, 11) is 5.34. The molecule has 1 aliphatic carbocycles. The van der Waals surface area contributed by atoms with E-state index < -0.39 is 0 Å². The smallest absolute Gasteiger partial charge is 0.233 e. The molecule has 2 heterocycles. The van der Waals surface area contributed by atoms with Crippen LogP contribution in [-0.2, 0) is 11.3 Å². The number of rotatable bonds is 8. The van der Waals surface area contributed by atoms with E-state index in [-0.39, 0.29) is 11.7 Å². The van der Waals surface area contributed by atoms with E-state index >= 15 is 0 Å². The first-order valence-electron chi connectivity index (χ1n) is 12.6. The number of carbonyl (C=O) groups is 1. The third-order valence-corrected chi connectivity index (χ3v) is 6.24. The quantitative estimate of drug-likeness (QED) is 0.355. The number of aromatic nitrogens is 2. The molecule has 1 amide bonds. The summed E-state index contributed by atoms with van der Waals surface area (Å²) in [5.74, 6) is 1.35. The van der Waals surface area contributed by atoms with Gasteiger partial charge in [0.25, 0.3) is 0 Å². The van der Waals surface area contributed by atoms with E-state index in [1.54, 1.807) is 19.3 Å². The number of hydrogen-bond donors (Lipinski definition) is 3. The predicted molar refractivity (Wildman–Crippen MR) is 149 cm³/mol. The van der Waals surface area contributed by atoms with Gasteiger partial charge in [-0.05, 0) is 62.8 Å². The first-order valence-corrected chi connectivity index (χ1v) is 12.9. The topological polar surface area (TPSA) is 82.2 Å². The zero-order chi connectivity index (χ0) is 26.6. The number of halogens is 2. The minimum Gasteiger partial charge on any atom is -0.367 e. The molecule has 1 aliphatic rings. The van der Waals surface area contributed by atoms with Crippen molar-refractivity contribution in [3.05, 3.63) is 71.1 Å². The van der Waals surface area contributed by atoms with Crippen LogP contribution in [0.15, 0.2) is 54.7 Å². The van der Waals surface area contributed by atoms with E-state index in [4.69, 9.17) is 11.6 Å². The van der Waals surface area contributed by atoms with E-state index in [1.807, 2.05) is 49.3 Å². The van der Waals surface area contributed by atoms with Crippen LogP contribution in [-0.4, -0.2) is 54.5 Å². The molecule has 9 heteroatoms. The van der Waals surface area contributed by atoms with E-state index in [0.29, 0.717) is 30.0 Å². The predicted octanol–water partition coefficient (Wildman–Crippen LogP) is 5.59. The summed E-state index contributed by atoms with van der Waals surface area (Å²) >= 11 is 6.42. The highest BCUT2D eigenvalue weighted by molar-refractivity contribution is 6.33. The summed E-state index contributed by atoms with van der Waals surface area (Å²) in [6, 6.07) is 14.7. The third kappa shape index (κ3) is 9.63. The van der Waals surface area contributed by atoms with Crippen molar-refractivity contribution in [1.29, 1.82) is 0 Å². The first-order chi connectivity index (χ1) is 17.8. The molecule has 2 aromatic heterocycles. The molecule has 1 fully saturated rings. The first kappa shape index (κ1) is 28.3. The Morgan fingerprint density at radius 3 is 2.51 bits per heavy atom. The Morgan fingerprint density at radius 2 is 1.84 bits per heavy atom. The van der Waals surface area contributed by atoms with Gasteiger partial charge < -0.3 is 20.9 Å². The molecule has 0 atom stereocenters. The average Bonchev–Trinajstić information content (AvgIpc) is 2.89. The molecule has 0 spiro atoms. The van der Waals surface area contributed by atoms with Gasteiger partial charge in [-0.1, -0.05) is 49.1 Å². The largest absolute Gasteiger partial charge is 0.367 e. The van der Waals surface area contributed by atoms with Crippen LogP contribution in [0.2, 0.25) is 5.02 Å². The minimum atomic E-state index is -0.243. The molecule has 3 aromatic rings. The molecule has 0 unspecified atom stereocenters. The SMILES string of the molecule is CNC(=O)CN(C)C.Fc1cccc(CNc2cccc(-c3cc(NC4CCCCC4)ncc3Cl)n2)c1. The van der Waals surface area contributed by atoms with Crippen molar-refractivity contribution in [3.63, 3.8) is 0 Å². The number of hydrogen-bond acceptors (Lipinski definition) is 6. The number of carbonyl (C=O) groups excluding carboxylic acids is 1. The monoisotopic (exact) mass is 526 g/mol. The lowest BCUT2D eigenvalue weighted by molar-refractivity contribution is -0.121. The van der Waals surface area contributed by atoms with Gasteiger partial charge in [0, 0.05) is 31.4 Å². The molecule has 0 aliphatic heterocycles. The Hall–Kier alpha value is -3.23. The number of anilines is 2. The van der Waals surface area contributed by atoms with E-state index in [1.165, 1.54) is 44.2 Å². The summed E-state index contributed by atoms with van der Waals surface area (Å²) in [6.45, 7) is 0.962. The van der Waals surface area contributed by atoms with Gasteiger partial charge >= 0.3 is 0 Å². The number of nitrogens with zero attached hydrogens (tertiary/aromatic N) is 3. The van der Waals surface area contributed by atoms with Gasteiger partial charge in [-0.25, -0.2) is 14.4 Å². The summed E-state index contributed by atoms with van der Waals surface area (Å²) in [6.07, 6.45) is 7.87. The number of pyridine rings is 2. The Morgan fingerprint density at radius 1 is 1.08 bits per heavy atom. The fourth-order valence-corrected chi connectivity index (χ4v) is 4.26. The highest BCUT2D eigenvalue weighted by Crippen LogP contribution is 2.30. The van der Waals surface area contributed by atoms with Gasteiger partial charge in [-0.2, -0.15) is 0 Å². The van der Waals surface area contributed by atoms with E-state index in [0.717, 1.165) is 22.6 Å². The Balaban J connectivity index is 0.000000414. The van der Waals surface area contributed by atoms with Gasteiger partial charge in [-0.15, -0.1) is 0 Å². The van der Waals surface area contributed by atoms with Crippen LogP contribution >= 0.6 is 11.6 Å². The number of benzene rings is 1. The van der Waals surface area contributed by atoms with Crippen LogP contribution in [0.1, 0.15) is 37.7 Å². The maximum absolute atomic E-state index is 13.4. The maximum Gasteiger partial charge on any atom is 0.233 e. The zero-order valence-electron chi connectivity index (χ0n) is 21.7. The highest BCUT2D eigenvalue weighted by Gasteiger charge is 2.15. The summed E-state index contributed by atoms with van der Waals surface area (Å²) in [5, 5.41) is 9.86. The zero-order valence-corrected chi connectivity index (χ0v) is 22.5. The molecule has 0 saturated heterocycles.